The Kier molecular flexibility index (Phi) is 5.01. The van der Waals surface area contributed by atoms with Crippen molar-refractivity contribution in [1.82, 2.24) is 0 Å². The second kappa shape index (κ2) is 6.95. The number of carbonyl (C=O) groups excluding carboxylic acids is 2. The molecule has 2 aromatic rings. The summed E-state index contributed by atoms with van der Waals surface area (Å²) in [5.74, 6) is -0.798. The summed E-state index contributed by atoms with van der Waals surface area (Å²) in [6.45, 7) is 1.89. The van der Waals surface area contributed by atoms with Gasteiger partial charge in [-0.05, 0) is 36.8 Å². The summed E-state index contributed by atoms with van der Waals surface area (Å²) in [6, 6.07) is 12.0. The van der Waals surface area contributed by atoms with E-state index in [4.69, 9.17) is 17.3 Å². The first kappa shape index (κ1) is 15.9. The van der Waals surface area contributed by atoms with Crippen LogP contribution < -0.4 is 16.4 Å². The standard InChI is InChI=1S/C16H16ClN3O2/c1-10-6-7-11(8-13(10)17)20-15(21)9-19-14-5-3-2-4-12(14)16(18)22/h2-8,19H,9H2,1H3,(H2,18,22)(H,20,21). The van der Waals surface area contributed by atoms with E-state index in [-0.39, 0.29) is 12.5 Å². The molecule has 5 nitrogen and oxygen atoms in total. The molecule has 0 atom stereocenters. The highest BCUT2D eigenvalue weighted by atomic mass is 35.5. The topological polar surface area (TPSA) is 84.2 Å². The molecule has 0 fully saturated rings. The molecule has 0 bridgehead atoms. The average Bonchev–Trinajstić information content (AvgIpc) is 2.49. The van der Waals surface area contributed by atoms with E-state index in [0.717, 1.165) is 5.56 Å². The van der Waals surface area contributed by atoms with E-state index in [1.807, 2.05) is 13.0 Å². The Morgan fingerprint density at radius 2 is 1.91 bits per heavy atom. The van der Waals surface area contributed by atoms with Gasteiger partial charge in [-0.25, -0.2) is 0 Å². The third kappa shape index (κ3) is 3.99. The van der Waals surface area contributed by atoms with Crippen molar-refractivity contribution in [1.29, 1.82) is 0 Å². The number of amides is 2. The maximum absolute atomic E-state index is 11.9. The predicted octanol–water partition coefficient (Wildman–Crippen LogP) is 2.80. The first-order valence-corrected chi connectivity index (χ1v) is 7.04. The summed E-state index contributed by atoms with van der Waals surface area (Å²) in [5.41, 5.74) is 7.70. The number of rotatable bonds is 5. The van der Waals surface area contributed by atoms with Gasteiger partial charge in [0.1, 0.15) is 0 Å². The summed E-state index contributed by atoms with van der Waals surface area (Å²) < 4.78 is 0. The molecule has 2 amide bonds. The molecular formula is C16H16ClN3O2. The minimum absolute atomic E-state index is 0.00971. The molecule has 0 heterocycles. The Balaban J connectivity index is 1.98. The number of hydrogen-bond acceptors (Lipinski definition) is 3. The average molecular weight is 318 g/mol. The van der Waals surface area contributed by atoms with Crippen molar-refractivity contribution in [2.24, 2.45) is 5.73 Å². The summed E-state index contributed by atoms with van der Waals surface area (Å²) in [4.78, 5) is 23.2. The van der Waals surface area contributed by atoms with E-state index in [2.05, 4.69) is 10.6 Å². The molecule has 0 radical (unpaired) electrons. The SMILES string of the molecule is Cc1ccc(NC(=O)CNc2ccccc2C(N)=O)cc1Cl. The van der Waals surface area contributed by atoms with Crippen LogP contribution in [-0.2, 0) is 4.79 Å². The molecular weight excluding hydrogens is 302 g/mol. The number of nitrogens with one attached hydrogen (secondary N) is 2. The van der Waals surface area contributed by atoms with Crippen molar-refractivity contribution in [2.45, 2.75) is 6.92 Å². The lowest BCUT2D eigenvalue weighted by Gasteiger charge is -2.11. The molecule has 114 valence electrons. The highest BCUT2D eigenvalue weighted by Crippen LogP contribution is 2.20. The Hall–Kier alpha value is -2.53. The van der Waals surface area contributed by atoms with Crippen LogP contribution in [0.25, 0.3) is 0 Å². The quantitative estimate of drug-likeness (QED) is 0.792. The maximum atomic E-state index is 11.9. The van der Waals surface area contributed by atoms with E-state index >= 15 is 0 Å². The van der Waals surface area contributed by atoms with E-state index in [9.17, 15) is 9.59 Å². The van der Waals surface area contributed by atoms with Gasteiger partial charge in [-0.15, -0.1) is 0 Å². The molecule has 4 N–H and O–H groups in total. The zero-order valence-electron chi connectivity index (χ0n) is 12.0. The molecule has 0 spiro atoms. The predicted molar refractivity (Wildman–Crippen MR) is 88.3 cm³/mol. The Labute approximate surface area is 133 Å². The molecule has 0 aromatic heterocycles. The maximum Gasteiger partial charge on any atom is 0.250 e. The van der Waals surface area contributed by atoms with Crippen LogP contribution in [-0.4, -0.2) is 18.4 Å². The van der Waals surface area contributed by atoms with E-state index in [1.165, 1.54) is 0 Å². The molecule has 22 heavy (non-hydrogen) atoms. The van der Waals surface area contributed by atoms with Gasteiger partial charge >= 0.3 is 0 Å². The van der Waals surface area contributed by atoms with Gasteiger partial charge in [-0.3, -0.25) is 9.59 Å². The largest absolute Gasteiger partial charge is 0.376 e. The van der Waals surface area contributed by atoms with Crippen LogP contribution in [0.2, 0.25) is 5.02 Å². The number of hydrogen-bond donors (Lipinski definition) is 3. The van der Waals surface area contributed by atoms with Gasteiger partial charge < -0.3 is 16.4 Å². The second-order valence-corrected chi connectivity index (χ2v) is 5.18. The van der Waals surface area contributed by atoms with Crippen molar-refractivity contribution in [3.8, 4) is 0 Å². The number of halogens is 1. The lowest BCUT2D eigenvalue weighted by atomic mass is 10.1. The van der Waals surface area contributed by atoms with Crippen LogP contribution in [0.3, 0.4) is 0 Å². The van der Waals surface area contributed by atoms with Crippen LogP contribution in [0.15, 0.2) is 42.5 Å². The highest BCUT2D eigenvalue weighted by Gasteiger charge is 2.09. The van der Waals surface area contributed by atoms with E-state index in [0.29, 0.717) is 22.0 Å². The third-order valence-electron chi connectivity index (χ3n) is 3.09. The van der Waals surface area contributed by atoms with Crippen LogP contribution in [0, 0.1) is 6.92 Å². The minimum atomic E-state index is -0.547. The van der Waals surface area contributed by atoms with Crippen LogP contribution in [0.4, 0.5) is 11.4 Å². The van der Waals surface area contributed by atoms with Crippen LogP contribution in [0.5, 0.6) is 0 Å². The fourth-order valence-corrected chi connectivity index (χ4v) is 2.08. The Morgan fingerprint density at radius 1 is 1.18 bits per heavy atom. The second-order valence-electron chi connectivity index (χ2n) is 4.78. The number of benzene rings is 2. The lowest BCUT2D eigenvalue weighted by Crippen LogP contribution is -2.23. The molecule has 2 aromatic carbocycles. The fraction of sp³-hybridized carbons (Fsp3) is 0.125. The van der Waals surface area contributed by atoms with Gasteiger partial charge in [0.2, 0.25) is 5.91 Å². The van der Waals surface area contributed by atoms with E-state index in [1.54, 1.807) is 36.4 Å². The molecule has 6 heteroatoms. The first-order chi connectivity index (χ1) is 10.5. The molecule has 0 aliphatic heterocycles. The molecule has 0 saturated heterocycles. The highest BCUT2D eigenvalue weighted by molar-refractivity contribution is 6.31. The number of primary amides is 1. The number of anilines is 2. The number of carbonyl (C=O) groups is 2. The molecule has 0 aliphatic carbocycles. The molecule has 2 rings (SSSR count). The number of aryl methyl sites for hydroxylation is 1. The molecule has 0 unspecified atom stereocenters. The van der Waals surface area contributed by atoms with Crippen LogP contribution >= 0.6 is 11.6 Å². The van der Waals surface area contributed by atoms with Crippen molar-refractivity contribution < 1.29 is 9.59 Å². The van der Waals surface area contributed by atoms with Gasteiger partial charge in [0.25, 0.3) is 5.91 Å². The first-order valence-electron chi connectivity index (χ1n) is 6.66. The third-order valence-corrected chi connectivity index (χ3v) is 3.49. The van der Waals surface area contributed by atoms with Gasteiger partial charge in [0, 0.05) is 16.4 Å². The van der Waals surface area contributed by atoms with Crippen molar-refractivity contribution in [2.75, 3.05) is 17.2 Å². The van der Waals surface area contributed by atoms with Gasteiger partial charge in [-0.1, -0.05) is 29.8 Å². The Morgan fingerprint density at radius 3 is 2.59 bits per heavy atom. The van der Waals surface area contributed by atoms with Crippen molar-refractivity contribution in [3.05, 3.63) is 58.6 Å². The number of para-hydroxylation sites is 1. The van der Waals surface area contributed by atoms with E-state index < -0.39 is 5.91 Å². The monoisotopic (exact) mass is 317 g/mol. The summed E-state index contributed by atoms with van der Waals surface area (Å²) in [7, 11) is 0. The van der Waals surface area contributed by atoms with Gasteiger partial charge in [0.15, 0.2) is 0 Å². The molecule has 0 saturated carbocycles. The normalized spacial score (nSPS) is 10.1. The summed E-state index contributed by atoms with van der Waals surface area (Å²) >= 11 is 6.01. The lowest BCUT2D eigenvalue weighted by molar-refractivity contribution is -0.114. The van der Waals surface area contributed by atoms with Gasteiger partial charge in [0.05, 0.1) is 12.1 Å². The fourth-order valence-electron chi connectivity index (χ4n) is 1.90. The zero-order chi connectivity index (χ0) is 16.1. The smallest absolute Gasteiger partial charge is 0.250 e. The van der Waals surface area contributed by atoms with Crippen molar-refractivity contribution in [3.63, 3.8) is 0 Å². The van der Waals surface area contributed by atoms with Crippen molar-refractivity contribution >= 4 is 34.8 Å². The summed E-state index contributed by atoms with van der Waals surface area (Å²) in [6.07, 6.45) is 0. The van der Waals surface area contributed by atoms with Gasteiger partial charge in [-0.2, -0.15) is 0 Å². The minimum Gasteiger partial charge on any atom is -0.376 e. The number of nitrogens with two attached hydrogens (primary N) is 1. The Bertz CT molecular complexity index is 716. The van der Waals surface area contributed by atoms with Crippen LogP contribution in [0.1, 0.15) is 15.9 Å². The summed E-state index contributed by atoms with van der Waals surface area (Å²) in [5, 5.41) is 6.21. The molecule has 0 aliphatic rings. The zero-order valence-corrected chi connectivity index (χ0v) is 12.8.